The molecule has 0 aliphatic heterocycles. The predicted molar refractivity (Wildman–Crippen MR) is 63.0 cm³/mol. The summed E-state index contributed by atoms with van der Waals surface area (Å²) >= 11 is 0. The number of quaternary nitrogens is 1. The first-order chi connectivity index (χ1) is 6.67. The van der Waals surface area contributed by atoms with Gasteiger partial charge in [0.25, 0.3) is 0 Å². The molecule has 2 nitrogen and oxygen atoms in total. The molecule has 0 N–H and O–H groups in total. The molecule has 78 valence electrons. The van der Waals surface area contributed by atoms with Crippen LogP contribution in [0.15, 0.2) is 30.3 Å². The zero-order valence-corrected chi connectivity index (χ0v) is 9.70. The number of hydrogen-bond acceptors (Lipinski definition) is 1. The maximum atomic E-state index is 2.27. The number of hydrogen-bond donors (Lipinski definition) is 0. The van der Waals surface area contributed by atoms with E-state index in [1.807, 2.05) is 0 Å². The van der Waals surface area contributed by atoms with Gasteiger partial charge in [0.15, 0.2) is 5.69 Å². The van der Waals surface area contributed by atoms with Crippen LogP contribution in [0.1, 0.15) is 13.8 Å². The predicted octanol–water partition coefficient (Wildman–Crippen LogP) is 2.51. The van der Waals surface area contributed by atoms with Crippen molar-refractivity contribution in [2.45, 2.75) is 13.8 Å². The highest BCUT2D eigenvalue weighted by molar-refractivity contribution is 5.41. The summed E-state index contributed by atoms with van der Waals surface area (Å²) in [6, 6.07) is 10.7. The molecular formula is C12H21N2+. The first kappa shape index (κ1) is 11.2. The van der Waals surface area contributed by atoms with E-state index in [0.29, 0.717) is 0 Å². The molecule has 0 saturated carbocycles. The molecule has 0 aliphatic rings. The molecule has 0 aromatic heterocycles. The van der Waals surface area contributed by atoms with Crippen molar-refractivity contribution in [3.63, 3.8) is 0 Å². The minimum atomic E-state index is 0.918. The van der Waals surface area contributed by atoms with Gasteiger partial charge in [-0.25, -0.2) is 4.59 Å². The smallest absolute Gasteiger partial charge is 0.152 e. The Morgan fingerprint density at radius 1 is 1.00 bits per heavy atom. The molecule has 0 radical (unpaired) electrons. The molecular weight excluding hydrogens is 172 g/mol. The summed E-state index contributed by atoms with van der Waals surface area (Å²) < 4.78 is 0.918. The van der Waals surface area contributed by atoms with Gasteiger partial charge in [-0.05, 0) is 13.8 Å². The van der Waals surface area contributed by atoms with Crippen molar-refractivity contribution in [3.8, 4) is 0 Å². The van der Waals surface area contributed by atoms with Crippen LogP contribution < -0.4 is 4.59 Å². The van der Waals surface area contributed by atoms with Crippen LogP contribution >= 0.6 is 0 Å². The van der Waals surface area contributed by atoms with Gasteiger partial charge in [-0.2, -0.15) is 5.01 Å². The van der Waals surface area contributed by atoms with Crippen molar-refractivity contribution < 1.29 is 0 Å². The van der Waals surface area contributed by atoms with Gasteiger partial charge in [0, 0.05) is 26.2 Å². The van der Waals surface area contributed by atoms with Gasteiger partial charge in [0.05, 0.1) is 13.1 Å². The molecule has 1 aromatic rings. The van der Waals surface area contributed by atoms with E-state index in [0.717, 1.165) is 17.7 Å². The monoisotopic (exact) mass is 193 g/mol. The van der Waals surface area contributed by atoms with Crippen LogP contribution in [0.2, 0.25) is 0 Å². The van der Waals surface area contributed by atoms with Crippen LogP contribution in [0.25, 0.3) is 0 Å². The fourth-order valence-corrected chi connectivity index (χ4v) is 2.09. The Labute approximate surface area is 87.3 Å². The molecule has 14 heavy (non-hydrogen) atoms. The summed E-state index contributed by atoms with van der Waals surface area (Å²) in [7, 11) is 4.28. The van der Waals surface area contributed by atoms with E-state index >= 15 is 0 Å². The van der Waals surface area contributed by atoms with E-state index < -0.39 is 0 Å². The number of rotatable bonds is 4. The topological polar surface area (TPSA) is 3.24 Å². The van der Waals surface area contributed by atoms with Crippen LogP contribution in [0.3, 0.4) is 0 Å². The summed E-state index contributed by atoms with van der Waals surface area (Å²) in [5.74, 6) is 0. The number of benzene rings is 1. The van der Waals surface area contributed by atoms with Crippen LogP contribution in [0, 0.1) is 0 Å². The maximum absolute atomic E-state index is 2.27. The average Bonchev–Trinajstić information content (AvgIpc) is 2.22. The van der Waals surface area contributed by atoms with Crippen LogP contribution in [-0.4, -0.2) is 32.2 Å². The first-order valence-electron chi connectivity index (χ1n) is 5.28. The Balaban J connectivity index is 3.11. The zero-order chi connectivity index (χ0) is 10.6. The molecule has 0 saturated heterocycles. The van der Waals surface area contributed by atoms with E-state index in [1.54, 1.807) is 0 Å². The van der Waals surface area contributed by atoms with E-state index in [4.69, 9.17) is 0 Å². The molecule has 1 aromatic carbocycles. The normalized spacial score (nSPS) is 12.1. The highest BCUT2D eigenvalue weighted by Gasteiger charge is 2.29. The minimum Gasteiger partial charge on any atom is -0.213 e. The largest absolute Gasteiger partial charge is 0.213 e. The zero-order valence-electron chi connectivity index (χ0n) is 9.70. The van der Waals surface area contributed by atoms with Crippen molar-refractivity contribution in [1.82, 2.24) is 9.60 Å². The molecule has 0 amide bonds. The molecule has 2 heteroatoms. The highest BCUT2D eigenvalue weighted by atomic mass is 15.7. The number of para-hydroxylation sites is 1. The molecule has 0 spiro atoms. The van der Waals surface area contributed by atoms with Crippen molar-refractivity contribution in [2.75, 3.05) is 27.2 Å². The lowest BCUT2D eigenvalue weighted by Crippen LogP contribution is -2.58. The average molecular weight is 193 g/mol. The van der Waals surface area contributed by atoms with E-state index in [2.05, 4.69) is 63.3 Å². The Kier molecular flexibility index (Phi) is 3.67. The Bertz CT molecular complexity index is 263. The molecule has 0 unspecified atom stereocenters. The minimum absolute atomic E-state index is 0.918. The van der Waals surface area contributed by atoms with Crippen LogP contribution in [0.5, 0.6) is 0 Å². The SMILES string of the molecule is CC[N+](CC)(c1ccccc1)N(C)C. The third-order valence-electron chi connectivity index (χ3n) is 3.05. The summed E-state index contributed by atoms with van der Waals surface area (Å²) in [4.78, 5) is 0. The highest BCUT2D eigenvalue weighted by Crippen LogP contribution is 2.23. The Hall–Kier alpha value is -0.860. The molecule has 0 heterocycles. The van der Waals surface area contributed by atoms with Crippen molar-refractivity contribution in [2.24, 2.45) is 0 Å². The third kappa shape index (κ3) is 1.81. The first-order valence-corrected chi connectivity index (χ1v) is 5.28. The second-order valence-corrected chi connectivity index (χ2v) is 3.74. The summed E-state index contributed by atoms with van der Waals surface area (Å²) in [5, 5.41) is 2.27. The van der Waals surface area contributed by atoms with Crippen molar-refractivity contribution in [1.29, 1.82) is 0 Å². The molecule has 0 fully saturated rings. The van der Waals surface area contributed by atoms with Gasteiger partial charge in [0.2, 0.25) is 0 Å². The number of nitrogens with zero attached hydrogens (tertiary/aromatic N) is 2. The fourth-order valence-electron chi connectivity index (χ4n) is 2.09. The lowest BCUT2D eigenvalue weighted by atomic mass is 10.2. The van der Waals surface area contributed by atoms with Gasteiger partial charge in [-0.3, -0.25) is 0 Å². The van der Waals surface area contributed by atoms with Gasteiger partial charge in [0.1, 0.15) is 0 Å². The summed E-state index contributed by atoms with van der Waals surface area (Å²) in [6.45, 7) is 6.65. The van der Waals surface area contributed by atoms with Gasteiger partial charge >= 0.3 is 0 Å². The van der Waals surface area contributed by atoms with Gasteiger partial charge in [-0.1, -0.05) is 18.2 Å². The lowest BCUT2D eigenvalue weighted by Gasteiger charge is -2.40. The van der Waals surface area contributed by atoms with Crippen molar-refractivity contribution in [3.05, 3.63) is 30.3 Å². The fraction of sp³-hybridized carbons (Fsp3) is 0.500. The summed E-state index contributed by atoms with van der Waals surface area (Å²) in [5.41, 5.74) is 1.36. The standard InChI is InChI=1S/C12H21N2/c1-5-14(6-2,13(3)4)12-10-8-7-9-11-12/h7-11H,5-6H2,1-4H3/q+1. The molecule has 0 aliphatic carbocycles. The van der Waals surface area contributed by atoms with Crippen LogP contribution in [-0.2, 0) is 0 Å². The Morgan fingerprint density at radius 3 is 1.86 bits per heavy atom. The molecule has 0 atom stereocenters. The van der Waals surface area contributed by atoms with Crippen LogP contribution in [0.4, 0.5) is 5.69 Å². The van der Waals surface area contributed by atoms with E-state index in [9.17, 15) is 0 Å². The quantitative estimate of drug-likeness (QED) is 0.524. The second kappa shape index (κ2) is 4.58. The van der Waals surface area contributed by atoms with Crippen molar-refractivity contribution >= 4 is 5.69 Å². The van der Waals surface area contributed by atoms with E-state index in [1.165, 1.54) is 5.69 Å². The van der Waals surface area contributed by atoms with Gasteiger partial charge < -0.3 is 0 Å². The molecule has 1 rings (SSSR count). The molecule has 0 bridgehead atoms. The van der Waals surface area contributed by atoms with E-state index in [-0.39, 0.29) is 0 Å². The third-order valence-corrected chi connectivity index (χ3v) is 3.05. The maximum Gasteiger partial charge on any atom is 0.152 e. The Morgan fingerprint density at radius 2 is 1.50 bits per heavy atom. The van der Waals surface area contributed by atoms with Gasteiger partial charge in [-0.15, -0.1) is 0 Å². The second-order valence-electron chi connectivity index (χ2n) is 3.74. The summed E-state index contributed by atoms with van der Waals surface area (Å²) in [6.07, 6.45) is 0. The lowest BCUT2D eigenvalue weighted by molar-refractivity contribution is 0.0439.